The molecule has 0 spiro atoms. The van der Waals surface area contributed by atoms with Gasteiger partial charge in [-0.2, -0.15) is 0 Å². The fourth-order valence-electron chi connectivity index (χ4n) is 2.14. The van der Waals surface area contributed by atoms with Crippen LogP contribution in [0, 0.1) is 11.8 Å². The second-order valence-corrected chi connectivity index (χ2v) is 6.02. The van der Waals surface area contributed by atoms with Crippen molar-refractivity contribution in [3.05, 3.63) is 71.4 Å². The van der Waals surface area contributed by atoms with Gasteiger partial charge in [-0.3, -0.25) is 0 Å². The zero-order valence-electron chi connectivity index (χ0n) is 11.6. The molecule has 0 aliphatic heterocycles. The van der Waals surface area contributed by atoms with E-state index in [-0.39, 0.29) is 5.69 Å². The number of aromatic nitrogens is 1. The van der Waals surface area contributed by atoms with Crippen LogP contribution in [0.4, 0.5) is 0 Å². The van der Waals surface area contributed by atoms with E-state index in [1.165, 1.54) is 22.9 Å². The average molecular weight is 349 g/mol. The SMILES string of the molecule is O=C(O)c1cc(C#Cc2ccccc2)c2cccc([AsH2])c2n1. The number of para-hydroxylation sites is 1. The van der Waals surface area contributed by atoms with Crippen molar-refractivity contribution in [2.45, 2.75) is 0 Å². The molecule has 1 aromatic heterocycles. The van der Waals surface area contributed by atoms with E-state index < -0.39 is 5.97 Å². The van der Waals surface area contributed by atoms with Crippen LogP contribution in [0.5, 0.6) is 0 Å². The number of aromatic carboxylic acids is 1. The van der Waals surface area contributed by atoms with Crippen molar-refractivity contribution in [2.75, 3.05) is 0 Å². The predicted molar refractivity (Wildman–Crippen MR) is 89.3 cm³/mol. The van der Waals surface area contributed by atoms with Gasteiger partial charge < -0.3 is 0 Å². The van der Waals surface area contributed by atoms with Gasteiger partial charge in [-0.05, 0) is 0 Å². The molecule has 0 fully saturated rings. The molecule has 0 aliphatic carbocycles. The number of hydrogen-bond donors (Lipinski definition) is 1. The van der Waals surface area contributed by atoms with Gasteiger partial charge in [-0.1, -0.05) is 0 Å². The van der Waals surface area contributed by atoms with Crippen molar-refractivity contribution in [3.63, 3.8) is 0 Å². The van der Waals surface area contributed by atoms with Crippen LogP contribution in [0.1, 0.15) is 21.6 Å². The first-order valence-corrected chi connectivity index (χ1v) is 7.86. The monoisotopic (exact) mass is 349 g/mol. The number of pyridine rings is 1. The molecule has 0 saturated carbocycles. The molecule has 0 bridgehead atoms. The maximum absolute atomic E-state index is 11.3. The summed E-state index contributed by atoms with van der Waals surface area (Å²) in [4.78, 5) is 15.5. The molecule has 0 amide bonds. The first kappa shape index (κ1) is 14.4. The molecule has 4 heteroatoms. The third-order valence-electron chi connectivity index (χ3n) is 3.21. The van der Waals surface area contributed by atoms with Crippen molar-refractivity contribution < 1.29 is 9.90 Å². The Balaban J connectivity index is 2.22. The molecule has 0 radical (unpaired) electrons. The number of carboxylic acids is 1. The van der Waals surface area contributed by atoms with E-state index in [2.05, 4.69) is 16.8 Å². The summed E-state index contributed by atoms with van der Waals surface area (Å²) in [6.45, 7) is 0. The molecule has 2 aromatic carbocycles. The van der Waals surface area contributed by atoms with Crippen LogP contribution in [0.15, 0.2) is 54.6 Å². The van der Waals surface area contributed by atoms with Gasteiger partial charge in [0.15, 0.2) is 0 Å². The summed E-state index contributed by atoms with van der Waals surface area (Å²) in [7, 11) is 0. The number of carboxylic acid groups (broad SMARTS) is 1. The molecular weight excluding hydrogens is 337 g/mol. The first-order valence-electron chi connectivity index (χ1n) is 6.65. The second kappa shape index (κ2) is 6.05. The first-order chi connectivity index (χ1) is 10.6. The molecule has 1 atom stereocenters. The molecule has 3 rings (SSSR count). The predicted octanol–water partition coefficient (Wildman–Crippen LogP) is 1.59. The van der Waals surface area contributed by atoms with Gasteiger partial charge in [0.05, 0.1) is 0 Å². The van der Waals surface area contributed by atoms with Crippen LogP contribution in [0.3, 0.4) is 0 Å². The van der Waals surface area contributed by atoms with E-state index in [9.17, 15) is 9.90 Å². The molecule has 1 heterocycles. The fraction of sp³-hybridized carbons (Fsp3) is 0. The van der Waals surface area contributed by atoms with Gasteiger partial charge >= 0.3 is 136 Å². The van der Waals surface area contributed by atoms with Crippen molar-refractivity contribution in [1.82, 2.24) is 4.98 Å². The number of rotatable bonds is 1. The maximum atomic E-state index is 11.3. The van der Waals surface area contributed by atoms with E-state index in [0.717, 1.165) is 15.3 Å². The zero-order valence-corrected chi connectivity index (χ0v) is 14.0. The summed E-state index contributed by atoms with van der Waals surface area (Å²) in [5, 5.41) is 10.1. The van der Waals surface area contributed by atoms with E-state index >= 15 is 0 Å². The molecule has 3 aromatic rings. The molecule has 106 valence electrons. The van der Waals surface area contributed by atoms with Gasteiger partial charge in [-0.15, -0.1) is 0 Å². The van der Waals surface area contributed by atoms with Gasteiger partial charge in [0.1, 0.15) is 0 Å². The number of hydrogen-bond acceptors (Lipinski definition) is 2. The Bertz CT molecular complexity index is 924. The second-order valence-electron chi connectivity index (χ2n) is 4.72. The summed E-state index contributed by atoms with van der Waals surface area (Å²) < 4.78 is 0.996. The third kappa shape index (κ3) is 2.88. The topological polar surface area (TPSA) is 50.2 Å². The number of nitrogens with zero attached hydrogens (tertiary/aromatic N) is 1. The van der Waals surface area contributed by atoms with E-state index in [1.807, 2.05) is 48.5 Å². The van der Waals surface area contributed by atoms with Crippen LogP contribution in [0.25, 0.3) is 10.9 Å². The van der Waals surface area contributed by atoms with Crippen molar-refractivity contribution in [3.8, 4) is 11.8 Å². The van der Waals surface area contributed by atoms with Crippen LogP contribution in [0.2, 0.25) is 0 Å². The normalized spacial score (nSPS) is 10.0. The molecule has 1 N–H and O–H groups in total. The van der Waals surface area contributed by atoms with Crippen molar-refractivity contribution in [2.24, 2.45) is 0 Å². The molecular formula is C18H12AsNO2. The Hall–Kier alpha value is -2.56. The fourth-order valence-corrected chi connectivity index (χ4v) is 2.84. The number of carbonyl (C=O) groups is 1. The van der Waals surface area contributed by atoms with Gasteiger partial charge in [0, 0.05) is 0 Å². The minimum absolute atomic E-state index is 0.0231. The van der Waals surface area contributed by atoms with Gasteiger partial charge in [-0.25, -0.2) is 0 Å². The Morgan fingerprint density at radius 3 is 2.55 bits per heavy atom. The van der Waals surface area contributed by atoms with Crippen molar-refractivity contribution >= 4 is 38.1 Å². The summed E-state index contributed by atoms with van der Waals surface area (Å²) in [6, 6.07) is 16.9. The Morgan fingerprint density at radius 2 is 1.82 bits per heavy atom. The molecule has 0 aliphatic rings. The quantitative estimate of drug-likeness (QED) is 0.536. The zero-order chi connectivity index (χ0) is 15.5. The number of benzene rings is 2. The minimum atomic E-state index is -1.04. The van der Waals surface area contributed by atoms with E-state index in [0.29, 0.717) is 11.1 Å². The van der Waals surface area contributed by atoms with Crippen LogP contribution < -0.4 is 4.35 Å². The number of fused-ring (bicyclic) bond motifs is 1. The summed E-state index contributed by atoms with van der Waals surface area (Å²) >= 11 is 1.41. The van der Waals surface area contributed by atoms with Crippen LogP contribution in [-0.4, -0.2) is 32.9 Å². The Morgan fingerprint density at radius 1 is 1.05 bits per heavy atom. The summed E-state index contributed by atoms with van der Waals surface area (Å²) in [5.74, 6) is 5.11. The molecule has 1 unspecified atom stereocenters. The standard InChI is InChI=1S/C18H12AsNO2/c19-15-8-4-7-14-13(10-9-12-5-2-1-3-6-12)11-16(18(21)22)20-17(14)15/h1-8,11H,19H2,(H,21,22). The molecule has 3 nitrogen and oxygen atoms in total. The Kier molecular flexibility index (Phi) is 3.96. The van der Waals surface area contributed by atoms with Crippen LogP contribution in [-0.2, 0) is 0 Å². The average Bonchev–Trinajstić information content (AvgIpc) is 2.54. The van der Waals surface area contributed by atoms with Gasteiger partial charge in [0.25, 0.3) is 0 Å². The Labute approximate surface area is 136 Å². The van der Waals surface area contributed by atoms with Crippen molar-refractivity contribution in [1.29, 1.82) is 0 Å². The van der Waals surface area contributed by atoms with E-state index in [4.69, 9.17) is 0 Å². The summed E-state index contributed by atoms with van der Waals surface area (Å²) in [6.07, 6.45) is 0. The third-order valence-corrected chi connectivity index (χ3v) is 4.18. The summed E-state index contributed by atoms with van der Waals surface area (Å²) in [5.41, 5.74) is 2.31. The molecule has 0 saturated heterocycles. The van der Waals surface area contributed by atoms with Gasteiger partial charge in [0.2, 0.25) is 0 Å². The molecule has 22 heavy (non-hydrogen) atoms. The van der Waals surface area contributed by atoms with Crippen LogP contribution >= 0.6 is 0 Å². The van der Waals surface area contributed by atoms with E-state index in [1.54, 1.807) is 0 Å².